The molecule has 0 amide bonds. The number of ether oxygens (including phenoxy) is 1. The molecule has 3 nitrogen and oxygen atoms in total. The molecule has 4 heteroatoms. The van der Waals surface area contributed by atoms with Gasteiger partial charge in [0.1, 0.15) is 19.0 Å². The molecule has 0 aliphatic carbocycles. The van der Waals surface area contributed by atoms with Crippen LogP contribution >= 0.6 is 0 Å². The second-order valence-electron chi connectivity index (χ2n) is 8.94. The summed E-state index contributed by atoms with van der Waals surface area (Å²) in [4.78, 5) is 6.49. The molecule has 0 aromatic heterocycles. The average Bonchev–Trinajstić information content (AvgIpc) is 2.65. The predicted molar refractivity (Wildman–Crippen MR) is 117 cm³/mol. The van der Waals surface area contributed by atoms with Crippen LogP contribution in [0.5, 0.6) is 5.75 Å². The molecule has 29 heavy (non-hydrogen) atoms. The SMILES string of the molecule is CC(C)CC(CC(C)C)(c1ccccc1)[N+](C)(C)OCCOc1ccccc1.[Cl-]. The fourth-order valence-electron chi connectivity index (χ4n) is 4.23. The van der Waals surface area contributed by atoms with Gasteiger partial charge in [0.05, 0.1) is 14.1 Å². The lowest BCUT2D eigenvalue weighted by Crippen LogP contribution is -3.00. The van der Waals surface area contributed by atoms with Gasteiger partial charge in [0, 0.05) is 18.4 Å². The van der Waals surface area contributed by atoms with Crippen LogP contribution in [0.1, 0.15) is 46.1 Å². The van der Waals surface area contributed by atoms with Crippen LogP contribution in [0.25, 0.3) is 0 Å². The van der Waals surface area contributed by atoms with Crippen molar-refractivity contribution in [2.75, 3.05) is 27.3 Å². The Kier molecular flexibility index (Phi) is 10.2. The van der Waals surface area contributed by atoms with E-state index >= 15 is 0 Å². The number of quaternary nitrogens is 1. The Morgan fingerprint density at radius 3 is 1.72 bits per heavy atom. The van der Waals surface area contributed by atoms with E-state index in [1.807, 2.05) is 30.3 Å². The number of hydrogen-bond acceptors (Lipinski definition) is 2. The van der Waals surface area contributed by atoms with Crippen molar-refractivity contribution in [3.8, 4) is 5.75 Å². The summed E-state index contributed by atoms with van der Waals surface area (Å²) in [5.41, 5.74) is 1.25. The van der Waals surface area contributed by atoms with Crippen molar-refractivity contribution < 1.29 is 26.6 Å². The lowest BCUT2D eigenvalue weighted by Gasteiger charge is -2.48. The molecule has 0 fully saturated rings. The molecule has 0 bridgehead atoms. The summed E-state index contributed by atoms with van der Waals surface area (Å²) in [7, 11) is 4.39. The summed E-state index contributed by atoms with van der Waals surface area (Å²) in [5, 5.41) is 0. The van der Waals surface area contributed by atoms with Gasteiger partial charge in [-0.3, -0.25) is 0 Å². The van der Waals surface area contributed by atoms with E-state index in [4.69, 9.17) is 9.57 Å². The zero-order valence-electron chi connectivity index (χ0n) is 18.9. The quantitative estimate of drug-likeness (QED) is 0.316. The normalized spacial score (nSPS) is 12.1. The van der Waals surface area contributed by atoms with Crippen LogP contribution in [-0.4, -0.2) is 32.0 Å². The molecule has 2 rings (SSSR count). The summed E-state index contributed by atoms with van der Waals surface area (Å²) in [5.74, 6) is 2.02. The Labute approximate surface area is 184 Å². The molecule has 0 unspecified atom stereocenters. The molecule has 0 aliphatic heterocycles. The lowest BCUT2D eigenvalue weighted by molar-refractivity contribution is -1.12. The lowest BCUT2D eigenvalue weighted by atomic mass is 9.75. The van der Waals surface area contributed by atoms with Gasteiger partial charge in [0.2, 0.25) is 0 Å². The van der Waals surface area contributed by atoms with E-state index in [1.54, 1.807) is 0 Å². The molecule has 0 radical (unpaired) electrons. The second-order valence-corrected chi connectivity index (χ2v) is 8.94. The molecule has 0 heterocycles. The minimum Gasteiger partial charge on any atom is -1.00 e. The highest BCUT2D eigenvalue weighted by molar-refractivity contribution is 5.23. The maximum atomic E-state index is 6.49. The number of halogens is 1. The molecular formula is C25H38ClNO2. The summed E-state index contributed by atoms with van der Waals surface area (Å²) in [6.45, 7) is 10.3. The number of hydroxylamine groups is 3. The molecule has 0 aliphatic rings. The molecular weight excluding hydrogens is 382 g/mol. The maximum absolute atomic E-state index is 6.49. The van der Waals surface area contributed by atoms with E-state index in [-0.39, 0.29) is 17.9 Å². The topological polar surface area (TPSA) is 18.5 Å². The Morgan fingerprint density at radius 2 is 1.24 bits per heavy atom. The smallest absolute Gasteiger partial charge is 0.154 e. The largest absolute Gasteiger partial charge is 1.00 e. The molecule has 162 valence electrons. The first kappa shape index (κ1) is 25.5. The third-order valence-corrected chi connectivity index (χ3v) is 5.34. The minimum absolute atomic E-state index is 0. The number of para-hydroxylation sites is 1. The highest BCUT2D eigenvalue weighted by Crippen LogP contribution is 2.44. The van der Waals surface area contributed by atoms with Gasteiger partial charge in [-0.1, -0.05) is 76.2 Å². The van der Waals surface area contributed by atoms with Gasteiger partial charge in [-0.15, -0.1) is 0 Å². The summed E-state index contributed by atoms with van der Waals surface area (Å²) < 4.78 is 6.34. The second kappa shape index (κ2) is 11.6. The number of benzene rings is 2. The summed E-state index contributed by atoms with van der Waals surface area (Å²) in [6, 6.07) is 20.8. The van der Waals surface area contributed by atoms with Crippen LogP contribution in [0.3, 0.4) is 0 Å². The minimum atomic E-state index is -0.101. The van der Waals surface area contributed by atoms with E-state index in [0.29, 0.717) is 29.7 Å². The highest BCUT2D eigenvalue weighted by Gasteiger charge is 2.49. The Morgan fingerprint density at radius 1 is 0.759 bits per heavy atom. The van der Waals surface area contributed by atoms with E-state index in [0.717, 1.165) is 18.6 Å². The first-order valence-electron chi connectivity index (χ1n) is 10.5. The van der Waals surface area contributed by atoms with Crippen molar-refractivity contribution >= 4 is 0 Å². The molecule has 0 spiro atoms. The number of nitrogens with zero attached hydrogens (tertiary/aromatic N) is 1. The average molecular weight is 420 g/mol. The standard InChI is InChI=1S/C25H38NO2.ClH/c1-21(2)19-25(20-22(3)4,23-13-9-7-10-14-23)26(5,6)28-18-17-27-24-15-11-8-12-16-24;/h7-16,21-22H,17-20H2,1-6H3;1H/q+1;/p-1. The third kappa shape index (κ3) is 7.02. The first-order chi connectivity index (χ1) is 13.3. The number of rotatable bonds is 11. The zero-order chi connectivity index (χ0) is 20.6. The van der Waals surface area contributed by atoms with Crippen LogP contribution in [0.2, 0.25) is 0 Å². The molecule has 2 aromatic rings. The van der Waals surface area contributed by atoms with Gasteiger partial charge in [0.15, 0.2) is 5.54 Å². The highest BCUT2D eigenvalue weighted by atomic mass is 35.5. The maximum Gasteiger partial charge on any atom is 0.154 e. The van der Waals surface area contributed by atoms with E-state index in [2.05, 4.69) is 72.1 Å². The van der Waals surface area contributed by atoms with Crippen molar-refractivity contribution in [1.82, 2.24) is 0 Å². The Bertz CT molecular complexity index is 676. The van der Waals surface area contributed by atoms with Crippen LogP contribution in [0.15, 0.2) is 60.7 Å². The van der Waals surface area contributed by atoms with Crippen LogP contribution in [-0.2, 0) is 10.4 Å². The molecule has 0 saturated heterocycles. The van der Waals surface area contributed by atoms with E-state index < -0.39 is 0 Å². The van der Waals surface area contributed by atoms with Gasteiger partial charge in [-0.05, 0) is 24.0 Å². The van der Waals surface area contributed by atoms with Crippen LogP contribution < -0.4 is 17.1 Å². The van der Waals surface area contributed by atoms with Crippen molar-refractivity contribution in [3.05, 3.63) is 66.2 Å². The predicted octanol–water partition coefficient (Wildman–Crippen LogP) is 3.07. The fraction of sp³-hybridized carbons (Fsp3) is 0.520. The van der Waals surface area contributed by atoms with Crippen molar-refractivity contribution in [2.24, 2.45) is 11.8 Å². The molecule has 0 atom stereocenters. The molecule has 0 saturated carbocycles. The van der Waals surface area contributed by atoms with Crippen LogP contribution in [0.4, 0.5) is 0 Å². The van der Waals surface area contributed by atoms with Gasteiger partial charge in [0.25, 0.3) is 0 Å². The third-order valence-electron chi connectivity index (χ3n) is 5.34. The van der Waals surface area contributed by atoms with Crippen molar-refractivity contribution in [2.45, 2.75) is 46.1 Å². The Balaban J connectivity index is 0.00000420. The molecule has 2 aromatic carbocycles. The van der Waals surface area contributed by atoms with Gasteiger partial charge >= 0.3 is 0 Å². The van der Waals surface area contributed by atoms with E-state index in [9.17, 15) is 0 Å². The number of hydrogen-bond donors (Lipinski definition) is 0. The summed E-state index contributed by atoms with van der Waals surface area (Å²) in [6.07, 6.45) is 2.14. The fourth-order valence-corrected chi connectivity index (χ4v) is 4.23. The van der Waals surface area contributed by atoms with Gasteiger partial charge in [-0.2, -0.15) is 9.48 Å². The monoisotopic (exact) mass is 419 g/mol. The van der Waals surface area contributed by atoms with Gasteiger partial charge < -0.3 is 17.1 Å². The van der Waals surface area contributed by atoms with Gasteiger partial charge in [-0.25, -0.2) is 0 Å². The first-order valence-corrected chi connectivity index (χ1v) is 10.5. The van der Waals surface area contributed by atoms with Crippen LogP contribution in [0, 0.1) is 11.8 Å². The zero-order valence-corrected chi connectivity index (χ0v) is 19.7. The van der Waals surface area contributed by atoms with E-state index in [1.165, 1.54) is 5.56 Å². The molecule has 0 N–H and O–H groups in total. The van der Waals surface area contributed by atoms with Crippen molar-refractivity contribution in [3.63, 3.8) is 0 Å². The van der Waals surface area contributed by atoms with Crippen molar-refractivity contribution in [1.29, 1.82) is 0 Å². The Hall–Kier alpha value is -1.55. The summed E-state index contributed by atoms with van der Waals surface area (Å²) >= 11 is 0.